The number of nitrogens with zero attached hydrogens (tertiary/aromatic N) is 3. The van der Waals surface area contributed by atoms with E-state index in [0.29, 0.717) is 25.9 Å². The van der Waals surface area contributed by atoms with E-state index in [1.54, 1.807) is 0 Å². The third-order valence-electron chi connectivity index (χ3n) is 7.94. The van der Waals surface area contributed by atoms with Crippen molar-refractivity contribution >= 4 is 22.8 Å². The standard InChI is InChI=1S/C34H40N4O2/c39-33(23-22-27-13-4-1-5-14-27)35-24-12-21-32-36-30-19-10-11-20-31(30)38(32)26-34(40)37(29-17-8-3-9-18-29)25-28-15-6-2-7-16-28/h1-2,4-7,10-11,13-16,19-20,29H,3,8-9,12,17-18,21-26H2,(H,35,39). The molecule has 1 heterocycles. The molecule has 0 bridgehead atoms. The summed E-state index contributed by atoms with van der Waals surface area (Å²) in [6.45, 7) is 1.51. The molecule has 0 atom stereocenters. The van der Waals surface area contributed by atoms with Gasteiger partial charge in [0.2, 0.25) is 11.8 Å². The molecule has 4 aromatic rings. The van der Waals surface area contributed by atoms with Crippen LogP contribution in [0.15, 0.2) is 84.9 Å². The Bertz CT molecular complexity index is 1380. The van der Waals surface area contributed by atoms with Crippen molar-refractivity contribution in [3.63, 3.8) is 0 Å². The molecule has 0 radical (unpaired) electrons. The highest BCUT2D eigenvalue weighted by molar-refractivity contribution is 5.81. The summed E-state index contributed by atoms with van der Waals surface area (Å²) in [5.74, 6) is 1.11. The van der Waals surface area contributed by atoms with E-state index in [0.717, 1.165) is 42.5 Å². The first kappa shape index (κ1) is 27.6. The Hall–Kier alpha value is -3.93. The van der Waals surface area contributed by atoms with Gasteiger partial charge in [-0.2, -0.15) is 0 Å². The number of amides is 2. The van der Waals surface area contributed by atoms with Crippen molar-refractivity contribution in [3.05, 3.63) is 102 Å². The summed E-state index contributed by atoms with van der Waals surface area (Å²) in [5, 5.41) is 3.05. The van der Waals surface area contributed by atoms with Crippen molar-refractivity contribution < 1.29 is 9.59 Å². The number of rotatable bonds is 12. The summed E-state index contributed by atoms with van der Waals surface area (Å²) in [7, 11) is 0. The Labute approximate surface area is 237 Å². The molecule has 40 heavy (non-hydrogen) atoms. The summed E-state index contributed by atoms with van der Waals surface area (Å²) >= 11 is 0. The molecule has 5 rings (SSSR count). The van der Waals surface area contributed by atoms with Crippen LogP contribution >= 0.6 is 0 Å². The van der Waals surface area contributed by atoms with Crippen LogP contribution in [-0.4, -0.2) is 38.9 Å². The Kier molecular flexibility index (Phi) is 9.62. The number of aryl methyl sites for hydroxylation is 2. The molecule has 0 unspecified atom stereocenters. The fourth-order valence-electron chi connectivity index (χ4n) is 5.78. The molecule has 1 N–H and O–H groups in total. The van der Waals surface area contributed by atoms with Crippen molar-refractivity contribution in [3.8, 4) is 0 Å². The number of hydrogen-bond acceptors (Lipinski definition) is 3. The number of carbonyl (C=O) groups excluding carboxylic acids is 2. The van der Waals surface area contributed by atoms with Crippen LogP contribution < -0.4 is 5.32 Å². The first-order valence-corrected chi connectivity index (χ1v) is 14.8. The average Bonchev–Trinajstić information content (AvgIpc) is 3.35. The van der Waals surface area contributed by atoms with Gasteiger partial charge in [-0.05, 0) is 48.9 Å². The van der Waals surface area contributed by atoms with Gasteiger partial charge in [-0.1, -0.05) is 92.1 Å². The molecule has 2 amide bonds. The van der Waals surface area contributed by atoms with Gasteiger partial charge in [-0.3, -0.25) is 9.59 Å². The van der Waals surface area contributed by atoms with E-state index < -0.39 is 0 Å². The summed E-state index contributed by atoms with van der Waals surface area (Å²) < 4.78 is 2.09. The lowest BCUT2D eigenvalue weighted by molar-refractivity contribution is -0.135. The minimum Gasteiger partial charge on any atom is -0.356 e. The van der Waals surface area contributed by atoms with Gasteiger partial charge in [-0.15, -0.1) is 0 Å². The molecular weight excluding hydrogens is 496 g/mol. The number of carbonyl (C=O) groups is 2. The topological polar surface area (TPSA) is 67.2 Å². The highest BCUT2D eigenvalue weighted by atomic mass is 16.2. The van der Waals surface area contributed by atoms with Crippen LogP contribution in [0.5, 0.6) is 0 Å². The lowest BCUT2D eigenvalue weighted by Crippen LogP contribution is -2.42. The van der Waals surface area contributed by atoms with Crippen molar-refractivity contribution in [1.29, 1.82) is 0 Å². The molecule has 1 aliphatic carbocycles. The molecule has 6 heteroatoms. The van der Waals surface area contributed by atoms with Crippen LogP contribution in [0.1, 0.15) is 61.9 Å². The quantitative estimate of drug-likeness (QED) is 0.223. The van der Waals surface area contributed by atoms with Gasteiger partial charge in [0.05, 0.1) is 11.0 Å². The Morgan fingerprint density at radius 2 is 1.50 bits per heavy atom. The lowest BCUT2D eigenvalue weighted by Gasteiger charge is -2.35. The smallest absolute Gasteiger partial charge is 0.243 e. The van der Waals surface area contributed by atoms with Crippen LogP contribution in [0.3, 0.4) is 0 Å². The number of benzene rings is 3. The Morgan fingerprint density at radius 3 is 2.25 bits per heavy atom. The molecule has 1 aliphatic rings. The molecule has 1 saturated carbocycles. The third-order valence-corrected chi connectivity index (χ3v) is 7.94. The number of aromatic nitrogens is 2. The zero-order valence-corrected chi connectivity index (χ0v) is 23.3. The van der Waals surface area contributed by atoms with Crippen LogP contribution in [-0.2, 0) is 35.5 Å². The monoisotopic (exact) mass is 536 g/mol. The molecule has 0 spiro atoms. The number of hydrogen-bond donors (Lipinski definition) is 1. The summed E-state index contributed by atoms with van der Waals surface area (Å²) in [6.07, 6.45) is 8.44. The second kappa shape index (κ2) is 13.9. The maximum Gasteiger partial charge on any atom is 0.243 e. The second-order valence-electron chi connectivity index (χ2n) is 10.8. The van der Waals surface area contributed by atoms with Crippen LogP contribution in [0, 0.1) is 0 Å². The fraction of sp³-hybridized carbons (Fsp3) is 0.382. The van der Waals surface area contributed by atoms with Crippen LogP contribution in [0.4, 0.5) is 0 Å². The molecule has 6 nitrogen and oxygen atoms in total. The lowest BCUT2D eigenvalue weighted by atomic mass is 9.93. The van der Waals surface area contributed by atoms with Gasteiger partial charge >= 0.3 is 0 Å². The van der Waals surface area contributed by atoms with Gasteiger partial charge in [-0.25, -0.2) is 4.98 Å². The van der Waals surface area contributed by atoms with E-state index in [2.05, 4.69) is 26.9 Å². The van der Waals surface area contributed by atoms with Gasteiger partial charge in [0.1, 0.15) is 12.4 Å². The SMILES string of the molecule is O=C(CCc1ccccc1)NCCCc1nc2ccccc2n1CC(=O)N(Cc1ccccc1)C1CCCCC1. The predicted octanol–water partition coefficient (Wildman–Crippen LogP) is 6.08. The van der Waals surface area contributed by atoms with Gasteiger partial charge in [0.25, 0.3) is 0 Å². The fourth-order valence-corrected chi connectivity index (χ4v) is 5.78. The second-order valence-corrected chi connectivity index (χ2v) is 10.8. The molecule has 1 fully saturated rings. The zero-order chi connectivity index (χ0) is 27.6. The maximum atomic E-state index is 13.9. The normalized spacial score (nSPS) is 13.8. The van der Waals surface area contributed by atoms with E-state index in [4.69, 9.17) is 4.98 Å². The molecule has 3 aromatic carbocycles. The number of imidazole rings is 1. The van der Waals surface area contributed by atoms with Crippen LogP contribution in [0.2, 0.25) is 0 Å². The predicted molar refractivity (Wildman–Crippen MR) is 160 cm³/mol. The highest BCUT2D eigenvalue weighted by Crippen LogP contribution is 2.25. The molecular formula is C34H40N4O2. The number of fused-ring (bicyclic) bond motifs is 1. The average molecular weight is 537 g/mol. The Morgan fingerprint density at radius 1 is 0.825 bits per heavy atom. The Balaban J connectivity index is 1.24. The highest BCUT2D eigenvalue weighted by Gasteiger charge is 2.27. The van der Waals surface area contributed by atoms with Crippen molar-refractivity contribution in [2.24, 2.45) is 0 Å². The number of nitrogens with one attached hydrogen (secondary N) is 1. The van der Waals surface area contributed by atoms with Crippen LogP contribution in [0.25, 0.3) is 11.0 Å². The molecule has 0 saturated heterocycles. The minimum atomic E-state index is 0.0663. The maximum absolute atomic E-state index is 13.9. The van der Waals surface area contributed by atoms with E-state index in [1.807, 2.05) is 72.8 Å². The first-order valence-electron chi connectivity index (χ1n) is 14.8. The number of para-hydroxylation sites is 2. The largest absolute Gasteiger partial charge is 0.356 e. The molecule has 1 aromatic heterocycles. The van der Waals surface area contributed by atoms with Gasteiger partial charge in [0.15, 0.2) is 0 Å². The van der Waals surface area contributed by atoms with Crippen molar-refractivity contribution in [1.82, 2.24) is 19.8 Å². The van der Waals surface area contributed by atoms with Crippen molar-refractivity contribution in [2.75, 3.05) is 6.54 Å². The summed E-state index contributed by atoms with van der Waals surface area (Å²) in [5.41, 5.74) is 4.23. The van der Waals surface area contributed by atoms with E-state index in [-0.39, 0.29) is 24.4 Å². The molecule has 208 valence electrons. The van der Waals surface area contributed by atoms with E-state index >= 15 is 0 Å². The first-order chi connectivity index (χ1) is 19.7. The van der Waals surface area contributed by atoms with E-state index in [1.165, 1.54) is 30.4 Å². The zero-order valence-electron chi connectivity index (χ0n) is 23.3. The molecule has 0 aliphatic heterocycles. The third kappa shape index (κ3) is 7.38. The summed E-state index contributed by atoms with van der Waals surface area (Å²) in [4.78, 5) is 33.3. The van der Waals surface area contributed by atoms with Gasteiger partial charge < -0.3 is 14.8 Å². The minimum absolute atomic E-state index is 0.0663. The van der Waals surface area contributed by atoms with E-state index in [9.17, 15) is 9.59 Å². The van der Waals surface area contributed by atoms with Gasteiger partial charge in [0, 0.05) is 32.0 Å². The summed E-state index contributed by atoms with van der Waals surface area (Å²) in [6, 6.07) is 28.7. The van der Waals surface area contributed by atoms with Crippen molar-refractivity contribution in [2.45, 2.75) is 76.9 Å².